The summed E-state index contributed by atoms with van der Waals surface area (Å²) in [6, 6.07) is 20.7. The van der Waals surface area contributed by atoms with Crippen molar-refractivity contribution in [2.24, 2.45) is 0 Å². The second kappa shape index (κ2) is 10.9. The molecule has 1 aromatic heterocycles. The molecule has 2 aliphatic rings. The number of halogens is 1. The fourth-order valence-electron chi connectivity index (χ4n) is 6.44. The number of piperidine rings is 1. The minimum Gasteiger partial charge on any atom is -0.497 e. The molecule has 3 aromatic carbocycles. The second-order valence-corrected chi connectivity index (χ2v) is 10.9. The monoisotopic (exact) mass is 556 g/mol. The normalized spacial score (nSPS) is 17.9. The van der Waals surface area contributed by atoms with Crippen LogP contribution in [-0.4, -0.2) is 65.2 Å². The van der Waals surface area contributed by atoms with Gasteiger partial charge in [0, 0.05) is 47.7 Å². The third-order valence-corrected chi connectivity index (χ3v) is 8.56. The number of nitrogens with one attached hydrogen (secondary N) is 2. The van der Waals surface area contributed by atoms with Gasteiger partial charge >= 0.3 is 6.03 Å². The number of ether oxygens (including phenoxy) is 1. The summed E-state index contributed by atoms with van der Waals surface area (Å²) < 4.78 is 19.6. The minimum absolute atomic E-state index is 0.0590. The first-order valence-corrected chi connectivity index (χ1v) is 13.9. The number of nitrogens with zero attached hydrogens (tertiary/aromatic N) is 2. The molecule has 0 radical (unpaired) electrons. The maximum absolute atomic E-state index is 14.2. The second-order valence-electron chi connectivity index (χ2n) is 10.9. The van der Waals surface area contributed by atoms with E-state index in [1.54, 1.807) is 29.0 Å². The maximum atomic E-state index is 14.2. The number of rotatable bonds is 5. The highest BCUT2D eigenvalue weighted by atomic mass is 19.1. The van der Waals surface area contributed by atoms with Crippen LogP contribution in [-0.2, 0) is 16.6 Å². The van der Waals surface area contributed by atoms with Crippen LogP contribution in [0.1, 0.15) is 35.7 Å². The van der Waals surface area contributed by atoms with Crippen molar-refractivity contribution in [3.8, 4) is 5.75 Å². The Kier molecular flexibility index (Phi) is 7.13. The number of H-pyrrole nitrogens is 1. The highest BCUT2D eigenvalue weighted by Gasteiger charge is 2.49. The van der Waals surface area contributed by atoms with Crippen molar-refractivity contribution < 1.29 is 23.8 Å². The van der Waals surface area contributed by atoms with E-state index >= 15 is 0 Å². The predicted octanol–water partition coefficient (Wildman–Crippen LogP) is 5.00. The Hall–Kier alpha value is -4.37. The molecule has 8 nitrogen and oxygen atoms in total. The van der Waals surface area contributed by atoms with Gasteiger partial charge < -0.3 is 29.9 Å². The van der Waals surface area contributed by atoms with Crippen molar-refractivity contribution in [3.05, 3.63) is 95.4 Å². The molecule has 0 saturated carbocycles. The molecule has 2 aliphatic heterocycles. The summed E-state index contributed by atoms with van der Waals surface area (Å²) in [5, 5.41) is 14.3. The first kappa shape index (κ1) is 26.8. The lowest BCUT2D eigenvalue weighted by Gasteiger charge is -2.50. The number of urea groups is 1. The molecule has 212 valence electrons. The van der Waals surface area contributed by atoms with Crippen LogP contribution in [0.5, 0.6) is 5.75 Å². The summed E-state index contributed by atoms with van der Waals surface area (Å²) in [5.74, 6) is 0.168. The first-order chi connectivity index (χ1) is 19.9. The van der Waals surface area contributed by atoms with Crippen LogP contribution in [0.2, 0.25) is 0 Å². The van der Waals surface area contributed by atoms with Gasteiger partial charge in [-0.25, -0.2) is 9.18 Å². The number of aromatic nitrogens is 1. The smallest absolute Gasteiger partial charge is 0.321 e. The third-order valence-electron chi connectivity index (χ3n) is 8.56. The van der Waals surface area contributed by atoms with Gasteiger partial charge in [-0.1, -0.05) is 42.5 Å². The van der Waals surface area contributed by atoms with Crippen molar-refractivity contribution >= 4 is 28.5 Å². The number of fused-ring (bicyclic) bond motifs is 4. The van der Waals surface area contributed by atoms with E-state index in [1.807, 2.05) is 48.5 Å². The van der Waals surface area contributed by atoms with Gasteiger partial charge in [-0.2, -0.15) is 0 Å². The number of methoxy groups -OCH3 is 1. The number of aromatic amines is 1. The number of benzene rings is 3. The van der Waals surface area contributed by atoms with Gasteiger partial charge in [0.15, 0.2) is 0 Å². The highest BCUT2D eigenvalue weighted by Crippen LogP contribution is 2.49. The Morgan fingerprint density at radius 3 is 2.51 bits per heavy atom. The Bertz CT molecular complexity index is 1580. The van der Waals surface area contributed by atoms with Crippen LogP contribution < -0.4 is 10.1 Å². The zero-order valence-corrected chi connectivity index (χ0v) is 22.9. The summed E-state index contributed by atoms with van der Waals surface area (Å²) in [6.07, 6.45) is 1.45. The largest absolute Gasteiger partial charge is 0.497 e. The Morgan fingerprint density at radius 1 is 1.07 bits per heavy atom. The molecule has 1 saturated heterocycles. The van der Waals surface area contributed by atoms with Crippen LogP contribution in [0.3, 0.4) is 0 Å². The summed E-state index contributed by atoms with van der Waals surface area (Å²) in [7, 11) is 1.62. The predicted molar refractivity (Wildman–Crippen MR) is 154 cm³/mol. The number of likely N-dealkylation sites (tertiary alicyclic amines) is 1. The van der Waals surface area contributed by atoms with E-state index in [4.69, 9.17) is 4.74 Å². The quantitative estimate of drug-likeness (QED) is 0.322. The van der Waals surface area contributed by atoms with Crippen molar-refractivity contribution in [2.75, 3.05) is 38.7 Å². The first-order valence-electron chi connectivity index (χ1n) is 13.9. The number of aliphatic hydroxyl groups is 1. The molecule has 41 heavy (non-hydrogen) atoms. The molecule has 0 aliphatic carbocycles. The standard InChI is InChI=1S/C32H33FN4O4/c1-41-22-11-12-23-26(18-22)34-30-27(19-38)37(28(39)17-21-7-3-2-4-8-21)20-32(29(23)30)13-15-36(16-14-32)31(40)35-25-10-6-5-9-24(25)33/h2-12,18,27,34,38H,13-17,19-20H2,1H3,(H,35,40)/t27-/m0/s1. The van der Waals surface area contributed by atoms with Crippen LogP contribution in [0.4, 0.5) is 14.9 Å². The zero-order chi connectivity index (χ0) is 28.6. The summed E-state index contributed by atoms with van der Waals surface area (Å²) in [4.78, 5) is 33.9. The SMILES string of the molecule is COc1ccc2c3c([nH]c2c1)[C@H](CO)N(C(=O)Cc1ccccc1)CC31CCN(C(=O)Nc2ccccc2F)CC1. The molecular weight excluding hydrogens is 523 g/mol. The number of carbonyl (C=O) groups excluding carboxylic acids is 2. The zero-order valence-electron chi connectivity index (χ0n) is 22.9. The van der Waals surface area contributed by atoms with Gasteiger partial charge in [0.2, 0.25) is 5.91 Å². The lowest BCUT2D eigenvalue weighted by Crippen LogP contribution is -2.56. The van der Waals surface area contributed by atoms with Gasteiger partial charge in [0.25, 0.3) is 0 Å². The van der Waals surface area contributed by atoms with Crippen molar-refractivity contribution in [1.29, 1.82) is 0 Å². The molecule has 1 spiro atoms. The van der Waals surface area contributed by atoms with Gasteiger partial charge in [0.1, 0.15) is 11.6 Å². The van der Waals surface area contributed by atoms with Crippen molar-refractivity contribution in [3.63, 3.8) is 0 Å². The third kappa shape index (κ3) is 4.91. The fourth-order valence-corrected chi connectivity index (χ4v) is 6.44. The van der Waals surface area contributed by atoms with E-state index in [1.165, 1.54) is 12.1 Å². The Labute approximate surface area is 237 Å². The molecule has 3 heterocycles. The molecule has 9 heteroatoms. The summed E-state index contributed by atoms with van der Waals surface area (Å²) >= 11 is 0. The van der Waals surface area contributed by atoms with Gasteiger partial charge in [-0.15, -0.1) is 0 Å². The van der Waals surface area contributed by atoms with E-state index < -0.39 is 17.3 Å². The van der Waals surface area contributed by atoms with E-state index in [-0.39, 0.29) is 30.7 Å². The van der Waals surface area contributed by atoms with Crippen LogP contribution >= 0.6 is 0 Å². The Balaban J connectivity index is 1.34. The molecule has 1 atom stereocenters. The molecule has 1 fully saturated rings. The lowest BCUT2D eigenvalue weighted by molar-refractivity contribution is -0.136. The molecule has 3 amide bonds. The van der Waals surface area contributed by atoms with Gasteiger partial charge in [-0.05, 0) is 48.2 Å². The molecule has 0 bridgehead atoms. The summed E-state index contributed by atoms with van der Waals surface area (Å²) in [5.41, 5.74) is 3.42. The molecule has 0 unspecified atom stereocenters. The number of hydrogen-bond acceptors (Lipinski definition) is 4. The minimum atomic E-state index is -0.521. The number of anilines is 1. The lowest BCUT2D eigenvalue weighted by atomic mass is 9.68. The summed E-state index contributed by atoms with van der Waals surface area (Å²) in [6.45, 7) is 1.09. The number of para-hydroxylation sites is 1. The van der Waals surface area contributed by atoms with Gasteiger partial charge in [-0.3, -0.25) is 4.79 Å². The highest BCUT2D eigenvalue weighted by molar-refractivity contribution is 5.91. The fraction of sp³-hybridized carbons (Fsp3) is 0.312. The Morgan fingerprint density at radius 2 is 1.80 bits per heavy atom. The van der Waals surface area contributed by atoms with E-state index in [9.17, 15) is 19.1 Å². The molecular formula is C32H33FN4O4. The van der Waals surface area contributed by atoms with E-state index in [0.29, 0.717) is 38.2 Å². The molecule has 4 aromatic rings. The number of aliphatic hydroxyl groups excluding tert-OH is 1. The van der Waals surface area contributed by atoms with E-state index in [2.05, 4.69) is 10.3 Å². The number of carbonyl (C=O) groups is 2. The molecule has 6 rings (SSSR count). The topological polar surface area (TPSA) is 97.9 Å². The van der Waals surface area contributed by atoms with E-state index in [0.717, 1.165) is 27.7 Å². The molecule has 3 N–H and O–H groups in total. The maximum Gasteiger partial charge on any atom is 0.321 e. The number of amides is 3. The van der Waals surface area contributed by atoms with Crippen LogP contribution in [0.25, 0.3) is 10.9 Å². The average Bonchev–Trinajstić information content (AvgIpc) is 3.39. The van der Waals surface area contributed by atoms with Crippen molar-refractivity contribution in [2.45, 2.75) is 30.7 Å². The number of hydrogen-bond donors (Lipinski definition) is 3. The van der Waals surface area contributed by atoms with Crippen molar-refractivity contribution in [1.82, 2.24) is 14.8 Å². The van der Waals surface area contributed by atoms with Gasteiger partial charge in [0.05, 0.1) is 31.9 Å². The van der Waals surface area contributed by atoms with Crippen LogP contribution in [0, 0.1) is 5.82 Å². The van der Waals surface area contributed by atoms with Crippen LogP contribution in [0.15, 0.2) is 72.8 Å². The average molecular weight is 557 g/mol.